The first-order valence-corrected chi connectivity index (χ1v) is 3.20. The van der Waals surface area contributed by atoms with Crippen molar-refractivity contribution in [1.82, 2.24) is 0 Å². The summed E-state index contributed by atoms with van der Waals surface area (Å²) in [6, 6.07) is 0. The topological polar surface area (TPSA) is 0 Å². The minimum atomic E-state index is 0. The van der Waals surface area contributed by atoms with Crippen LogP contribution in [-0.2, 0) is 0 Å². The summed E-state index contributed by atoms with van der Waals surface area (Å²) >= 11 is 1.79. The van der Waals surface area contributed by atoms with Gasteiger partial charge in [-0.2, -0.15) is 0 Å². The zero-order valence-corrected chi connectivity index (χ0v) is 5.30. The van der Waals surface area contributed by atoms with Crippen molar-refractivity contribution < 1.29 is 0 Å². The second kappa shape index (κ2) is 10.1. The zero-order valence-electron chi connectivity index (χ0n) is 4.49. The molecule has 1 heteroatoms. The maximum atomic E-state index is 2.10. The van der Waals surface area contributed by atoms with Crippen LogP contribution < -0.4 is 0 Å². The Hall–Kier alpha value is 0.0900. The number of thioether (sulfide) groups is 1. The molecule has 0 radical (unpaired) electrons. The van der Waals surface area contributed by atoms with Crippen LogP contribution in [0.5, 0.6) is 0 Å². The molecule has 0 aliphatic rings. The van der Waals surface area contributed by atoms with Crippen LogP contribution >= 0.6 is 11.8 Å². The molecule has 0 saturated carbocycles. The van der Waals surface area contributed by atoms with Gasteiger partial charge >= 0.3 is 0 Å². The third kappa shape index (κ3) is 9.43. The van der Waals surface area contributed by atoms with Crippen LogP contribution in [0, 0.1) is 0 Å². The minimum absolute atomic E-state index is 0. The van der Waals surface area contributed by atoms with Gasteiger partial charge in [0, 0.05) is 0 Å². The van der Waals surface area contributed by atoms with Crippen molar-refractivity contribution in [1.29, 1.82) is 0 Å². The highest BCUT2D eigenvalue weighted by molar-refractivity contribution is 8.02. The third-order valence-electron chi connectivity index (χ3n) is 0.729. The van der Waals surface area contributed by atoms with Crippen LogP contribution in [0.3, 0.4) is 0 Å². The van der Waals surface area contributed by atoms with Gasteiger partial charge in [-0.3, -0.25) is 0 Å². The summed E-state index contributed by atoms with van der Waals surface area (Å²) in [5.41, 5.74) is 0. The molecule has 0 heterocycles. The summed E-state index contributed by atoms with van der Waals surface area (Å²) in [6.45, 7) is 4.15. The van der Waals surface area contributed by atoms with E-state index in [1.54, 1.807) is 11.8 Å². The van der Waals surface area contributed by atoms with E-state index in [4.69, 9.17) is 0 Å². The molecule has 0 N–H and O–H groups in total. The average Bonchev–Trinajstić information content (AvgIpc) is 1.65. The van der Waals surface area contributed by atoms with Crippen LogP contribution in [0.15, 0.2) is 11.0 Å². The van der Waals surface area contributed by atoms with Gasteiger partial charge in [-0.15, -0.1) is 11.8 Å². The Morgan fingerprint density at radius 3 is 1.75 bits per heavy atom. The van der Waals surface area contributed by atoms with Crippen LogP contribution in [0.25, 0.3) is 0 Å². The number of hydrogen-bond donors (Lipinski definition) is 0. The predicted molar refractivity (Wildman–Crippen MR) is 46.4 cm³/mol. The summed E-state index contributed by atoms with van der Waals surface area (Å²) in [7, 11) is 0. The van der Waals surface area contributed by atoms with Gasteiger partial charge in [0.15, 0.2) is 0 Å². The number of hydrogen-bond acceptors (Lipinski definition) is 1. The lowest BCUT2D eigenvalue weighted by atomic mass is 10.6. The molecule has 0 bridgehead atoms. The molecule has 0 aromatic heterocycles. The van der Waals surface area contributed by atoms with Crippen LogP contribution in [0.2, 0.25) is 0 Å². The van der Waals surface area contributed by atoms with Gasteiger partial charge in [-0.05, 0) is 25.0 Å². The third-order valence-corrected chi connectivity index (χ3v) is 1.61. The Balaban J connectivity index is -0.000000125. The van der Waals surface area contributed by atoms with E-state index in [1.165, 1.54) is 4.91 Å². The van der Waals surface area contributed by atoms with Crippen molar-refractivity contribution in [3.63, 3.8) is 0 Å². The SMILES string of the molecule is C.C.CC=C(C)SC. The maximum Gasteiger partial charge on any atom is -0.0140 e. The Morgan fingerprint density at radius 1 is 1.38 bits per heavy atom. The van der Waals surface area contributed by atoms with E-state index in [0.717, 1.165) is 0 Å². The Bertz CT molecular complexity index is 55.4. The molecule has 0 nitrogen and oxygen atoms in total. The lowest BCUT2D eigenvalue weighted by Gasteiger charge is -1.84. The first kappa shape index (κ1) is 15.7. The number of rotatable bonds is 1. The van der Waals surface area contributed by atoms with E-state index >= 15 is 0 Å². The first-order chi connectivity index (χ1) is 2.81. The average molecular weight is 134 g/mol. The summed E-state index contributed by atoms with van der Waals surface area (Å²) in [5, 5.41) is 0. The lowest BCUT2D eigenvalue weighted by molar-refractivity contribution is 1.60. The predicted octanol–water partition coefficient (Wildman–Crippen LogP) is 3.55. The molecule has 0 amide bonds. The molecule has 0 rings (SSSR count). The van der Waals surface area contributed by atoms with Crippen molar-refractivity contribution in [2.75, 3.05) is 6.26 Å². The molecule has 0 aliphatic heterocycles. The quantitative estimate of drug-likeness (QED) is 0.528. The van der Waals surface area contributed by atoms with E-state index in [9.17, 15) is 0 Å². The molecule has 0 unspecified atom stereocenters. The summed E-state index contributed by atoms with van der Waals surface area (Å²) in [6.07, 6.45) is 4.18. The molecule has 0 aromatic rings. The highest BCUT2D eigenvalue weighted by Crippen LogP contribution is 2.07. The van der Waals surface area contributed by atoms with Gasteiger partial charge < -0.3 is 0 Å². The lowest BCUT2D eigenvalue weighted by Crippen LogP contribution is -1.56. The van der Waals surface area contributed by atoms with Crippen LogP contribution in [0.4, 0.5) is 0 Å². The molecular weight excluding hydrogens is 116 g/mol. The highest BCUT2D eigenvalue weighted by atomic mass is 32.2. The van der Waals surface area contributed by atoms with E-state index in [-0.39, 0.29) is 14.9 Å². The molecule has 0 atom stereocenters. The molecule has 0 aliphatic carbocycles. The second-order valence-corrected chi connectivity index (χ2v) is 2.16. The van der Waals surface area contributed by atoms with E-state index in [1.807, 2.05) is 6.92 Å². The molecule has 52 valence electrons. The smallest absolute Gasteiger partial charge is 0.0140 e. The van der Waals surface area contributed by atoms with Crippen LogP contribution in [0.1, 0.15) is 28.7 Å². The van der Waals surface area contributed by atoms with E-state index in [2.05, 4.69) is 19.3 Å². The van der Waals surface area contributed by atoms with Crippen molar-refractivity contribution >= 4 is 11.8 Å². The normalized spacial score (nSPS) is 9.12. The molecule has 8 heavy (non-hydrogen) atoms. The molecular formula is C7H18S. The van der Waals surface area contributed by atoms with Gasteiger partial charge in [0.2, 0.25) is 0 Å². The van der Waals surface area contributed by atoms with Gasteiger partial charge in [-0.1, -0.05) is 20.9 Å². The van der Waals surface area contributed by atoms with Crippen molar-refractivity contribution in [2.45, 2.75) is 28.7 Å². The fraction of sp³-hybridized carbons (Fsp3) is 0.714. The van der Waals surface area contributed by atoms with E-state index in [0.29, 0.717) is 0 Å². The van der Waals surface area contributed by atoms with Gasteiger partial charge in [-0.25, -0.2) is 0 Å². The van der Waals surface area contributed by atoms with Crippen molar-refractivity contribution in [3.05, 3.63) is 11.0 Å². The summed E-state index contributed by atoms with van der Waals surface area (Å²) < 4.78 is 0. The summed E-state index contributed by atoms with van der Waals surface area (Å²) in [4.78, 5) is 1.38. The highest BCUT2D eigenvalue weighted by Gasteiger charge is 1.73. The Kier molecular flexibility index (Phi) is 19.9. The molecule has 0 fully saturated rings. The second-order valence-electron chi connectivity index (χ2n) is 1.10. The molecule has 0 spiro atoms. The minimum Gasteiger partial charge on any atom is -0.135 e. The Morgan fingerprint density at radius 2 is 1.75 bits per heavy atom. The summed E-state index contributed by atoms with van der Waals surface area (Å²) in [5.74, 6) is 0. The number of allylic oxidation sites excluding steroid dienone is 2. The van der Waals surface area contributed by atoms with Gasteiger partial charge in [0.1, 0.15) is 0 Å². The molecule has 0 saturated heterocycles. The zero-order chi connectivity index (χ0) is 4.99. The Labute approximate surface area is 58.4 Å². The largest absolute Gasteiger partial charge is 0.135 e. The monoisotopic (exact) mass is 134 g/mol. The molecule has 0 aromatic carbocycles. The van der Waals surface area contributed by atoms with Crippen molar-refractivity contribution in [2.24, 2.45) is 0 Å². The van der Waals surface area contributed by atoms with Crippen LogP contribution in [-0.4, -0.2) is 6.26 Å². The van der Waals surface area contributed by atoms with Gasteiger partial charge in [0.25, 0.3) is 0 Å². The maximum absolute atomic E-state index is 2.10. The fourth-order valence-corrected chi connectivity index (χ4v) is 0.354. The fourth-order valence-electron chi connectivity index (χ4n) is 0.118. The van der Waals surface area contributed by atoms with Crippen molar-refractivity contribution in [3.8, 4) is 0 Å². The van der Waals surface area contributed by atoms with Gasteiger partial charge in [0.05, 0.1) is 0 Å². The standard InChI is InChI=1S/C5H10S.2CH4/c1-4-5(2)6-3;;/h4H,1-3H3;2*1H4. The first-order valence-electron chi connectivity index (χ1n) is 1.98. The van der Waals surface area contributed by atoms with E-state index < -0.39 is 0 Å².